The quantitative estimate of drug-likeness (QED) is 0.814. The van der Waals surface area contributed by atoms with Gasteiger partial charge in [0.25, 0.3) is 11.7 Å². The SMILES string of the molecule is O=C(C[NH+]1CCc2ccccc2C1)Nc1ccc(SC(F)F)cc1. The molecule has 0 saturated heterocycles. The van der Waals surface area contributed by atoms with Crippen LogP contribution in [0.5, 0.6) is 0 Å². The Bertz CT molecular complexity index is 706. The Kier molecular flexibility index (Phi) is 5.48. The third kappa shape index (κ3) is 4.55. The molecular formula is C18H19F2N2OS+. The maximum absolute atomic E-state index is 12.3. The number of fused-ring (bicyclic) bond motifs is 1. The zero-order valence-electron chi connectivity index (χ0n) is 13.1. The summed E-state index contributed by atoms with van der Waals surface area (Å²) in [4.78, 5) is 13.9. The van der Waals surface area contributed by atoms with Gasteiger partial charge in [-0.05, 0) is 29.8 Å². The van der Waals surface area contributed by atoms with E-state index in [0.717, 1.165) is 19.5 Å². The van der Waals surface area contributed by atoms with E-state index in [1.165, 1.54) is 16.0 Å². The minimum Gasteiger partial charge on any atom is -0.323 e. The summed E-state index contributed by atoms with van der Waals surface area (Å²) in [6.45, 7) is 2.20. The van der Waals surface area contributed by atoms with Gasteiger partial charge in [-0.3, -0.25) is 4.79 Å². The van der Waals surface area contributed by atoms with Crippen molar-refractivity contribution >= 4 is 23.4 Å². The van der Waals surface area contributed by atoms with E-state index in [2.05, 4.69) is 17.4 Å². The summed E-state index contributed by atoms with van der Waals surface area (Å²) in [5, 5.41) is 2.84. The molecule has 1 unspecified atom stereocenters. The van der Waals surface area contributed by atoms with Crippen molar-refractivity contribution in [3.8, 4) is 0 Å². The van der Waals surface area contributed by atoms with Crippen LogP contribution >= 0.6 is 11.8 Å². The van der Waals surface area contributed by atoms with Gasteiger partial charge in [0.1, 0.15) is 6.54 Å². The molecule has 3 nitrogen and oxygen atoms in total. The Morgan fingerprint density at radius 1 is 1.12 bits per heavy atom. The Morgan fingerprint density at radius 3 is 2.54 bits per heavy atom. The number of alkyl halides is 2. The fraction of sp³-hybridized carbons (Fsp3) is 0.278. The molecular weight excluding hydrogens is 330 g/mol. The van der Waals surface area contributed by atoms with Crippen LogP contribution in [0.3, 0.4) is 0 Å². The Morgan fingerprint density at radius 2 is 1.83 bits per heavy atom. The number of carbonyl (C=O) groups is 1. The Labute approximate surface area is 144 Å². The van der Waals surface area contributed by atoms with E-state index < -0.39 is 5.76 Å². The Balaban J connectivity index is 1.53. The van der Waals surface area contributed by atoms with Crippen molar-refractivity contribution < 1.29 is 18.5 Å². The summed E-state index contributed by atoms with van der Waals surface area (Å²) < 4.78 is 24.6. The average molecular weight is 349 g/mol. The lowest BCUT2D eigenvalue weighted by molar-refractivity contribution is -0.907. The van der Waals surface area contributed by atoms with Crippen molar-refractivity contribution in [2.24, 2.45) is 0 Å². The number of benzene rings is 2. The highest BCUT2D eigenvalue weighted by atomic mass is 32.2. The van der Waals surface area contributed by atoms with Gasteiger partial charge in [-0.25, -0.2) is 0 Å². The lowest BCUT2D eigenvalue weighted by Crippen LogP contribution is -3.12. The number of halogens is 2. The number of amides is 1. The van der Waals surface area contributed by atoms with Crippen LogP contribution in [0, 0.1) is 0 Å². The molecule has 24 heavy (non-hydrogen) atoms. The standard InChI is InChI=1S/C18H18F2N2OS/c19-18(20)24-16-7-5-15(6-8-16)21-17(23)12-22-10-9-13-3-1-2-4-14(13)11-22/h1-8,18H,9-12H2,(H,21,23)/p+1. The molecule has 0 radical (unpaired) electrons. The number of quaternary nitrogens is 1. The minimum absolute atomic E-state index is 0.0568. The first kappa shape index (κ1) is 16.9. The molecule has 1 aliphatic rings. The van der Waals surface area contributed by atoms with E-state index in [1.807, 2.05) is 12.1 Å². The zero-order valence-corrected chi connectivity index (χ0v) is 13.9. The van der Waals surface area contributed by atoms with Crippen LogP contribution in [0.1, 0.15) is 11.1 Å². The molecule has 0 spiro atoms. The number of carbonyl (C=O) groups excluding carboxylic acids is 1. The molecule has 1 heterocycles. The van der Waals surface area contributed by atoms with Crippen LogP contribution in [-0.4, -0.2) is 24.8 Å². The normalized spacial score (nSPS) is 16.7. The summed E-state index contributed by atoms with van der Waals surface area (Å²) in [6.07, 6.45) is 0.984. The third-order valence-corrected chi connectivity index (χ3v) is 4.80. The number of hydrogen-bond acceptors (Lipinski definition) is 2. The molecule has 0 fully saturated rings. The monoisotopic (exact) mass is 349 g/mol. The summed E-state index contributed by atoms with van der Waals surface area (Å²) in [6, 6.07) is 14.8. The molecule has 0 aromatic heterocycles. The molecule has 6 heteroatoms. The van der Waals surface area contributed by atoms with Gasteiger partial charge < -0.3 is 10.2 Å². The number of anilines is 1. The van der Waals surface area contributed by atoms with E-state index in [-0.39, 0.29) is 5.91 Å². The van der Waals surface area contributed by atoms with Gasteiger partial charge in [0.05, 0.1) is 6.54 Å². The summed E-state index contributed by atoms with van der Waals surface area (Å²) in [7, 11) is 0. The second-order valence-corrected chi connectivity index (χ2v) is 6.89. The second kappa shape index (κ2) is 7.77. The lowest BCUT2D eigenvalue weighted by Gasteiger charge is -2.25. The zero-order chi connectivity index (χ0) is 16.9. The first-order chi connectivity index (χ1) is 11.6. The molecule has 126 valence electrons. The number of rotatable bonds is 5. The van der Waals surface area contributed by atoms with E-state index in [4.69, 9.17) is 0 Å². The van der Waals surface area contributed by atoms with Gasteiger partial charge >= 0.3 is 0 Å². The molecule has 0 aliphatic carbocycles. The highest BCUT2D eigenvalue weighted by Gasteiger charge is 2.21. The largest absolute Gasteiger partial charge is 0.323 e. The predicted octanol–water partition coefficient (Wildman–Crippen LogP) is 2.58. The maximum atomic E-state index is 12.3. The summed E-state index contributed by atoms with van der Waals surface area (Å²) in [5.41, 5.74) is 3.31. The molecule has 1 atom stereocenters. The maximum Gasteiger partial charge on any atom is 0.288 e. The highest BCUT2D eigenvalue weighted by molar-refractivity contribution is 7.99. The van der Waals surface area contributed by atoms with Crippen LogP contribution in [0.15, 0.2) is 53.4 Å². The fourth-order valence-corrected chi connectivity index (χ4v) is 3.44. The van der Waals surface area contributed by atoms with Crippen LogP contribution in [0.2, 0.25) is 0 Å². The van der Waals surface area contributed by atoms with Crippen molar-refractivity contribution in [1.82, 2.24) is 0 Å². The van der Waals surface area contributed by atoms with Crippen LogP contribution in [0.4, 0.5) is 14.5 Å². The first-order valence-electron chi connectivity index (χ1n) is 7.85. The van der Waals surface area contributed by atoms with Gasteiger partial charge in [-0.2, -0.15) is 8.78 Å². The molecule has 2 N–H and O–H groups in total. The van der Waals surface area contributed by atoms with Crippen molar-refractivity contribution in [2.45, 2.75) is 23.6 Å². The highest BCUT2D eigenvalue weighted by Crippen LogP contribution is 2.26. The van der Waals surface area contributed by atoms with Gasteiger partial charge in [0.2, 0.25) is 0 Å². The van der Waals surface area contributed by atoms with Gasteiger partial charge in [0.15, 0.2) is 6.54 Å². The molecule has 0 bridgehead atoms. The minimum atomic E-state index is -2.43. The number of thioether (sulfide) groups is 1. The van der Waals surface area contributed by atoms with E-state index in [0.29, 0.717) is 28.9 Å². The molecule has 1 aliphatic heterocycles. The van der Waals surface area contributed by atoms with E-state index in [9.17, 15) is 13.6 Å². The van der Waals surface area contributed by atoms with Crippen LogP contribution in [-0.2, 0) is 17.8 Å². The molecule has 2 aromatic carbocycles. The number of hydrogen-bond donors (Lipinski definition) is 2. The molecule has 1 amide bonds. The molecule has 2 aromatic rings. The molecule has 3 rings (SSSR count). The summed E-state index contributed by atoms with van der Waals surface area (Å²) in [5.74, 6) is -2.49. The van der Waals surface area contributed by atoms with Gasteiger partial charge in [-0.15, -0.1) is 0 Å². The predicted molar refractivity (Wildman–Crippen MR) is 91.5 cm³/mol. The van der Waals surface area contributed by atoms with Crippen molar-refractivity contribution in [3.63, 3.8) is 0 Å². The van der Waals surface area contributed by atoms with Gasteiger partial charge in [-0.1, -0.05) is 36.0 Å². The lowest BCUT2D eigenvalue weighted by atomic mass is 10.00. The van der Waals surface area contributed by atoms with Crippen molar-refractivity contribution in [3.05, 3.63) is 59.7 Å². The second-order valence-electron chi connectivity index (χ2n) is 5.82. The van der Waals surface area contributed by atoms with Crippen LogP contribution < -0.4 is 10.2 Å². The van der Waals surface area contributed by atoms with Crippen molar-refractivity contribution in [2.75, 3.05) is 18.4 Å². The molecule has 0 saturated carbocycles. The Hall–Kier alpha value is -1.92. The van der Waals surface area contributed by atoms with E-state index >= 15 is 0 Å². The summed E-state index contributed by atoms with van der Waals surface area (Å²) >= 11 is 0.498. The average Bonchev–Trinajstić information content (AvgIpc) is 2.56. The first-order valence-corrected chi connectivity index (χ1v) is 8.73. The topological polar surface area (TPSA) is 33.5 Å². The van der Waals surface area contributed by atoms with Crippen molar-refractivity contribution in [1.29, 1.82) is 0 Å². The smallest absolute Gasteiger partial charge is 0.288 e. The van der Waals surface area contributed by atoms with Gasteiger partial charge in [0, 0.05) is 22.6 Å². The fourth-order valence-electron chi connectivity index (χ4n) is 2.95. The third-order valence-electron chi connectivity index (χ3n) is 4.08. The van der Waals surface area contributed by atoms with Crippen LogP contribution in [0.25, 0.3) is 0 Å². The number of nitrogens with one attached hydrogen (secondary N) is 2. The van der Waals surface area contributed by atoms with E-state index in [1.54, 1.807) is 24.3 Å².